The van der Waals surface area contributed by atoms with Crippen LogP contribution in [0.1, 0.15) is 16.7 Å². The van der Waals surface area contributed by atoms with Crippen molar-refractivity contribution in [1.82, 2.24) is 0 Å². The summed E-state index contributed by atoms with van der Waals surface area (Å²) in [6.07, 6.45) is 1.50. The first-order chi connectivity index (χ1) is 15.8. The van der Waals surface area contributed by atoms with E-state index in [0.29, 0.717) is 11.1 Å². The molecule has 4 rings (SSSR count). The topological polar surface area (TPSA) is 134 Å². The second kappa shape index (κ2) is 8.71. The Labute approximate surface area is 186 Å². The maximum absolute atomic E-state index is 12.3. The monoisotopic (exact) mass is 445 g/mol. The molecule has 0 unspecified atom stereocenters. The Morgan fingerprint density at radius 2 is 1.76 bits per heavy atom. The molecule has 0 amide bonds. The number of aryl methyl sites for hydroxylation is 1. The number of nitrogens with zero attached hydrogens (tertiary/aromatic N) is 3. The van der Waals surface area contributed by atoms with Crippen molar-refractivity contribution in [1.29, 1.82) is 0 Å². The number of non-ortho nitro benzene ring substituents is 1. The first kappa shape index (κ1) is 21.4. The van der Waals surface area contributed by atoms with E-state index in [1.54, 1.807) is 30.3 Å². The van der Waals surface area contributed by atoms with E-state index in [9.17, 15) is 25.0 Å². The van der Waals surface area contributed by atoms with E-state index in [-0.39, 0.29) is 23.1 Å². The molecule has 10 nitrogen and oxygen atoms in total. The Kier molecular flexibility index (Phi) is 5.64. The maximum atomic E-state index is 12.3. The number of cyclic esters (lactones) is 1. The van der Waals surface area contributed by atoms with Gasteiger partial charge in [0.25, 0.3) is 5.69 Å². The van der Waals surface area contributed by atoms with Crippen LogP contribution in [0.4, 0.5) is 11.4 Å². The van der Waals surface area contributed by atoms with Crippen molar-refractivity contribution in [3.63, 3.8) is 0 Å². The van der Waals surface area contributed by atoms with Gasteiger partial charge in [0.1, 0.15) is 5.75 Å². The van der Waals surface area contributed by atoms with Crippen LogP contribution in [0.15, 0.2) is 77.4 Å². The van der Waals surface area contributed by atoms with Crippen LogP contribution in [0.2, 0.25) is 0 Å². The van der Waals surface area contributed by atoms with Gasteiger partial charge in [0.05, 0.1) is 15.9 Å². The van der Waals surface area contributed by atoms with Crippen molar-refractivity contribution < 1.29 is 24.1 Å². The van der Waals surface area contributed by atoms with E-state index < -0.39 is 27.2 Å². The summed E-state index contributed by atoms with van der Waals surface area (Å²) in [7, 11) is 0. The minimum Gasteiger partial charge on any atom is -0.450 e. The van der Waals surface area contributed by atoms with E-state index in [1.165, 1.54) is 6.08 Å². The predicted octanol–water partition coefficient (Wildman–Crippen LogP) is 4.95. The lowest BCUT2D eigenvalue weighted by Gasteiger charge is -2.07. The highest BCUT2D eigenvalue weighted by Crippen LogP contribution is 2.34. The standard InChI is InChI=1S/C23H15N3O7/c1-14-5-2-3-8-18(14)22-24-19(23(27)33-22)12-15-6-4-7-17(11-15)32-21-10-9-16(25(28)29)13-20(21)26(30)31/h2-13H,1H3. The maximum Gasteiger partial charge on any atom is 0.363 e. The van der Waals surface area contributed by atoms with Gasteiger partial charge in [-0.25, -0.2) is 9.79 Å². The number of aliphatic imine (C=N–C) groups is 1. The van der Waals surface area contributed by atoms with E-state index in [1.807, 2.05) is 25.1 Å². The highest BCUT2D eigenvalue weighted by atomic mass is 16.6. The van der Waals surface area contributed by atoms with Crippen molar-refractivity contribution in [2.75, 3.05) is 0 Å². The van der Waals surface area contributed by atoms with Crippen molar-refractivity contribution in [3.8, 4) is 11.5 Å². The van der Waals surface area contributed by atoms with E-state index in [2.05, 4.69) is 4.99 Å². The van der Waals surface area contributed by atoms with E-state index in [0.717, 1.165) is 23.8 Å². The average Bonchev–Trinajstić information content (AvgIpc) is 3.14. The Morgan fingerprint density at radius 3 is 2.48 bits per heavy atom. The van der Waals surface area contributed by atoms with Crippen LogP contribution in [0.5, 0.6) is 11.5 Å². The molecule has 10 heteroatoms. The Bertz CT molecular complexity index is 1360. The Hall–Kier alpha value is -4.86. The molecular formula is C23H15N3O7. The second-order valence-electron chi connectivity index (χ2n) is 6.99. The smallest absolute Gasteiger partial charge is 0.363 e. The van der Waals surface area contributed by atoms with Crippen LogP contribution in [-0.4, -0.2) is 21.7 Å². The SMILES string of the molecule is Cc1ccccc1C1=NC(=Cc2cccc(Oc3ccc([N+](=O)[O-])cc3[N+](=O)[O-])c2)C(=O)O1. The quantitative estimate of drug-likeness (QED) is 0.227. The molecule has 0 N–H and O–H groups in total. The van der Waals surface area contributed by atoms with Crippen LogP contribution >= 0.6 is 0 Å². The first-order valence-electron chi connectivity index (χ1n) is 9.61. The molecule has 0 atom stereocenters. The van der Waals surface area contributed by atoms with Gasteiger partial charge in [-0.15, -0.1) is 0 Å². The summed E-state index contributed by atoms with van der Waals surface area (Å²) >= 11 is 0. The van der Waals surface area contributed by atoms with Crippen LogP contribution in [0.25, 0.3) is 6.08 Å². The molecule has 1 aliphatic heterocycles. The average molecular weight is 445 g/mol. The van der Waals surface area contributed by atoms with Crippen molar-refractivity contribution in [2.45, 2.75) is 6.92 Å². The minimum absolute atomic E-state index is 0.0896. The summed E-state index contributed by atoms with van der Waals surface area (Å²) in [6, 6.07) is 16.9. The molecule has 0 aromatic heterocycles. The summed E-state index contributed by atoms with van der Waals surface area (Å²) in [5, 5.41) is 22.2. The zero-order valence-corrected chi connectivity index (χ0v) is 17.1. The number of nitro benzene ring substituents is 2. The number of hydrogen-bond donors (Lipinski definition) is 0. The van der Waals surface area contributed by atoms with Gasteiger partial charge >= 0.3 is 11.7 Å². The number of esters is 1. The first-order valence-corrected chi connectivity index (χ1v) is 9.61. The molecule has 0 spiro atoms. The Morgan fingerprint density at radius 1 is 0.970 bits per heavy atom. The molecule has 0 saturated heterocycles. The lowest BCUT2D eigenvalue weighted by Crippen LogP contribution is -2.06. The summed E-state index contributed by atoms with van der Waals surface area (Å²) < 4.78 is 10.9. The third-order valence-corrected chi connectivity index (χ3v) is 4.74. The van der Waals surface area contributed by atoms with Crippen LogP contribution < -0.4 is 4.74 Å². The van der Waals surface area contributed by atoms with Gasteiger partial charge in [-0.2, -0.15) is 0 Å². The number of hydrogen-bond acceptors (Lipinski definition) is 8. The zero-order valence-electron chi connectivity index (χ0n) is 17.1. The van der Waals surface area contributed by atoms with Crippen molar-refractivity contribution in [2.24, 2.45) is 4.99 Å². The van der Waals surface area contributed by atoms with Crippen molar-refractivity contribution in [3.05, 3.63) is 109 Å². The van der Waals surface area contributed by atoms with Gasteiger partial charge in [0.15, 0.2) is 5.70 Å². The molecule has 33 heavy (non-hydrogen) atoms. The molecule has 1 heterocycles. The molecule has 0 bridgehead atoms. The Balaban J connectivity index is 1.62. The lowest BCUT2D eigenvalue weighted by molar-refractivity contribution is -0.394. The van der Waals surface area contributed by atoms with Crippen LogP contribution in [0.3, 0.4) is 0 Å². The van der Waals surface area contributed by atoms with Crippen LogP contribution in [-0.2, 0) is 9.53 Å². The van der Waals surface area contributed by atoms with Gasteiger partial charge in [-0.3, -0.25) is 20.2 Å². The fourth-order valence-corrected chi connectivity index (χ4v) is 3.14. The summed E-state index contributed by atoms with van der Waals surface area (Å²) in [4.78, 5) is 37.3. The molecule has 0 aliphatic carbocycles. The third kappa shape index (κ3) is 4.59. The molecule has 3 aromatic carbocycles. The lowest BCUT2D eigenvalue weighted by atomic mass is 10.1. The van der Waals surface area contributed by atoms with Gasteiger partial charge in [0, 0.05) is 11.6 Å². The van der Waals surface area contributed by atoms with E-state index in [4.69, 9.17) is 9.47 Å². The van der Waals surface area contributed by atoms with Crippen molar-refractivity contribution >= 4 is 29.3 Å². The van der Waals surface area contributed by atoms with Gasteiger partial charge in [-0.1, -0.05) is 30.3 Å². The number of rotatable bonds is 6. The number of nitro groups is 2. The molecule has 0 fully saturated rings. The zero-order chi connectivity index (χ0) is 23.5. The molecular weight excluding hydrogens is 430 g/mol. The fourth-order valence-electron chi connectivity index (χ4n) is 3.14. The largest absolute Gasteiger partial charge is 0.450 e. The fraction of sp³-hybridized carbons (Fsp3) is 0.0435. The predicted molar refractivity (Wildman–Crippen MR) is 118 cm³/mol. The molecule has 164 valence electrons. The highest BCUT2D eigenvalue weighted by Gasteiger charge is 2.25. The highest BCUT2D eigenvalue weighted by molar-refractivity contribution is 6.13. The van der Waals surface area contributed by atoms with Gasteiger partial charge in [0.2, 0.25) is 11.6 Å². The second-order valence-corrected chi connectivity index (χ2v) is 6.99. The van der Waals surface area contributed by atoms with Gasteiger partial charge < -0.3 is 9.47 Å². The number of benzene rings is 3. The number of carbonyl (C=O) groups is 1. The van der Waals surface area contributed by atoms with Gasteiger partial charge in [-0.05, 0) is 48.4 Å². The molecule has 0 radical (unpaired) electrons. The van der Waals surface area contributed by atoms with E-state index >= 15 is 0 Å². The summed E-state index contributed by atoms with van der Waals surface area (Å²) in [5.41, 5.74) is 1.28. The summed E-state index contributed by atoms with van der Waals surface area (Å²) in [5.74, 6) is -0.324. The third-order valence-electron chi connectivity index (χ3n) is 4.74. The van der Waals surface area contributed by atoms with Crippen LogP contribution in [0, 0.1) is 27.2 Å². The number of carbonyl (C=O) groups excluding carboxylic acids is 1. The summed E-state index contributed by atoms with van der Waals surface area (Å²) in [6.45, 7) is 1.88. The minimum atomic E-state index is -0.759. The molecule has 1 aliphatic rings. The molecule has 3 aromatic rings. The normalized spacial score (nSPS) is 14.0. The molecule has 0 saturated carbocycles. The number of ether oxygens (including phenoxy) is 2.